The zero-order valence-electron chi connectivity index (χ0n) is 12.0. The highest BCUT2D eigenvalue weighted by Gasteiger charge is 2.11. The van der Waals surface area contributed by atoms with Gasteiger partial charge in [-0.05, 0) is 31.9 Å². The number of aliphatic hydroxyl groups excluding tert-OH is 1. The number of amides is 2. The second-order valence-electron chi connectivity index (χ2n) is 4.73. The molecule has 5 nitrogen and oxygen atoms in total. The van der Waals surface area contributed by atoms with Gasteiger partial charge in [-0.1, -0.05) is 24.6 Å². The van der Waals surface area contributed by atoms with E-state index in [2.05, 4.69) is 10.6 Å². The number of hydrogen-bond acceptors (Lipinski definition) is 3. The van der Waals surface area contributed by atoms with E-state index in [0.29, 0.717) is 12.0 Å². The first-order valence-electron chi connectivity index (χ1n) is 6.82. The second kappa shape index (κ2) is 8.32. The second-order valence-corrected chi connectivity index (χ2v) is 4.73. The van der Waals surface area contributed by atoms with Gasteiger partial charge in [-0.15, -0.1) is 0 Å². The molecule has 0 radical (unpaired) electrons. The predicted octanol–water partition coefficient (Wildman–Crippen LogP) is 1.00. The number of rotatable bonds is 7. The van der Waals surface area contributed by atoms with Crippen molar-refractivity contribution in [3.63, 3.8) is 0 Å². The molecule has 0 aliphatic carbocycles. The Morgan fingerprint density at radius 3 is 2.45 bits per heavy atom. The van der Waals surface area contributed by atoms with E-state index in [-0.39, 0.29) is 31.0 Å². The van der Waals surface area contributed by atoms with Gasteiger partial charge in [0.15, 0.2) is 0 Å². The molecule has 5 heteroatoms. The summed E-state index contributed by atoms with van der Waals surface area (Å²) in [6.07, 6.45) is 1.27. The topological polar surface area (TPSA) is 78.4 Å². The van der Waals surface area contributed by atoms with Gasteiger partial charge in [0, 0.05) is 18.2 Å². The Morgan fingerprint density at radius 2 is 1.90 bits per heavy atom. The van der Waals surface area contributed by atoms with Gasteiger partial charge in [-0.25, -0.2) is 0 Å². The quantitative estimate of drug-likeness (QED) is 0.696. The number of aryl methyl sites for hydroxylation is 1. The molecule has 0 spiro atoms. The molecular formula is C15H22N2O3. The van der Waals surface area contributed by atoms with Crippen LogP contribution in [0.15, 0.2) is 24.3 Å². The Balaban J connectivity index is 2.40. The smallest absolute Gasteiger partial charge is 0.251 e. The van der Waals surface area contributed by atoms with E-state index in [4.69, 9.17) is 5.11 Å². The van der Waals surface area contributed by atoms with Gasteiger partial charge >= 0.3 is 0 Å². The lowest BCUT2D eigenvalue weighted by Gasteiger charge is -2.15. The standard InChI is InChI=1S/C15H22N2O3/c1-3-13(8-9-18)17-14(19)10-16-15(20)12-6-4-11(2)5-7-12/h4-7,13,18H,3,8-10H2,1-2H3,(H,16,20)(H,17,19). The molecule has 0 aromatic heterocycles. The fourth-order valence-corrected chi connectivity index (χ4v) is 1.78. The summed E-state index contributed by atoms with van der Waals surface area (Å²) in [7, 11) is 0. The van der Waals surface area contributed by atoms with E-state index < -0.39 is 0 Å². The van der Waals surface area contributed by atoms with Crippen LogP contribution in [0.1, 0.15) is 35.7 Å². The van der Waals surface area contributed by atoms with Crippen molar-refractivity contribution in [2.75, 3.05) is 13.2 Å². The molecule has 0 heterocycles. The Kier molecular flexibility index (Phi) is 6.73. The third-order valence-corrected chi connectivity index (χ3v) is 3.06. The van der Waals surface area contributed by atoms with Crippen molar-refractivity contribution in [2.45, 2.75) is 32.7 Å². The minimum Gasteiger partial charge on any atom is -0.396 e. The molecule has 0 saturated carbocycles. The molecule has 1 aromatic rings. The maximum atomic E-state index is 11.8. The molecular weight excluding hydrogens is 256 g/mol. The van der Waals surface area contributed by atoms with Crippen molar-refractivity contribution in [3.05, 3.63) is 35.4 Å². The molecule has 1 rings (SSSR count). The van der Waals surface area contributed by atoms with Crippen LogP contribution in [0.25, 0.3) is 0 Å². The number of carbonyl (C=O) groups is 2. The van der Waals surface area contributed by atoms with Gasteiger partial charge in [-0.3, -0.25) is 9.59 Å². The van der Waals surface area contributed by atoms with Crippen LogP contribution in [-0.4, -0.2) is 36.1 Å². The van der Waals surface area contributed by atoms with E-state index in [9.17, 15) is 9.59 Å². The lowest BCUT2D eigenvalue weighted by atomic mass is 10.1. The van der Waals surface area contributed by atoms with Crippen LogP contribution in [0.4, 0.5) is 0 Å². The van der Waals surface area contributed by atoms with Gasteiger partial charge in [-0.2, -0.15) is 0 Å². The number of aliphatic hydroxyl groups is 1. The first kappa shape index (κ1) is 16.2. The highest BCUT2D eigenvalue weighted by atomic mass is 16.3. The molecule has 1 aromatic carbocycles. The molecule has 110 valence electrons. The van der Waals surface area contributed by atoms with Crippen molar-refractivity contribution >= 4 is 11.8 Å². The van der Waals surface area contributed by atoms with Crippen molar-refractivity contribution in [2.24, 2.45) is 0 Å². The lowest BCUT2D eigenvalue weighted by Crippen LogP contribution is -2.42. The van der Waals surface area contributed by atoms with Crippen LogP contribution in [0.5, 0.6) is 0 Å². The molecule has 0 fully saturated rings. The third kappa shape index (κ3) is 5.40. The largest absolute Gasteiger partial charge is 0.396 e. The summed E-state index contributed by atoms with van der Waals surface area (Å²) < 4.78 is 0. The molecule has 1 unspecified atom stereocenters. The van der Waals surface area contributed by atoms with E-state index in [1.165, 1.54) is 0 Å². The Hall–Kier alpha value is -1.88. The molecule has 0 aliphatic rings. The van der Waals surface area contributed by atoms with Crippen molar-refractivity contribution in [1.29, 1.82) is 0 Å². The van der Waals surface area contributed by atoms with Crippen molar-refractivity contribution in [3.8, 4) is 0 Å². The van der Waals surface area contributed by atoms with Gasteiger partial charge in [0.2, 0.25) is 5.91 Å². The minimum absolute atomic E-state index is 0.0362. The lowest BCUT2D eigenvalue weighted by molar-refractivity contribution is -0.120. The van der Waals surface area contributed by atoms with Crippen LogP contribution in [-0.2, 0) is 4.79 Å². The normalized spacial score (nSPS) is 11.8. The predicted molar refractivity (Wildman–Crippen MR) is 77.4 cm³/mol. The number of carbonyl (C=O) groups excluding carboxylic acids is 2. The number of hydrogen-bond donors (Lipinski definition) is 3. The monoisotopic (exact) mass is 278 g/mol. The summed E-state index contributed by atoms with van der Waals surface area (Å²) in [4.78, 5) is 23.5. The van der Waals surface area contributed by atoms with Gasteiger partial charge in [0.25, 0.3) is 5.91 Å². The molecule has 1 atom stereocenters. The van der Waals surface area contributed by atoms with Gasteiger partial charge in [0.05, 0.1) is 6.54 Å². The highest BCUT2D eigenvalue weighted by Crippen LogP contribution is 2.02. The average molecular weight is 278 g/mol. The Bertz CT molecular complexity index is 443. The Morgan fingerprint density at radius 1 is 1.25 bits per heavy atom. The van der Waals surface area contributed by atoms with Crippen LogP contribution >= 0.6 is 0 Å². The third-order valence-electron chi connectivity index (χ3n) is 3.06. The molecule has 20 heavy (non-hydrogen) atoms. The van der Waals surface area contributed by atoms with E-state index >= 15 is 0 Å². The average Bonchev–Trinajstić information content (AvgIpc) is 2.45. The minimum atomic E-state index is -0.268. The summed E-state index contributed by atoms with van der Waals surface area (Å²) >= 11 is 0. The van der Waals surface area contributed by atoms with Gasteiger partial charge < -0.3 is 15.7 Å². The Labute approximate surface area is 119 Å². The molecule has 0 aliphatic heterocycles. The van der Waals surface area contributed by atoms with E-state index in [1.807, 2.05) is 26.0 Å². The zero-order valence-corrected chi connectivity index (χ0v) is 12.0. The fraction of sp³-hybridized carbons (Fsp3) is 0.467. The molecule has 0 bridgehead atoms. The van der Waals surface area contributed by atoms with Crippen LogP contribution < -0.4 is 10.6 Å². The van der Waals surface area contributed by atoms with Gasteiger partial charge in [0.1, 0.15) is 0 Å². The summed E-state index contributed by atoms with van der Waals surface area (Å²) in [5.74, 6) is -0.513. The maximum absolute atomic E-state index is 11.8. The first-order chi connectivity index (χ1) is 9.56. The molecule has 3 N–H and O–H groups in total. The molecule has 2 amide bonds. The summed E-state index contributed by atoms with van der Waals surface area (Å²) in [6, 6.07) is 7.10. The van der Waals surface area contributed by atoms with Crippen molar-refractivity contribution < 1.29 is 14.7 Å². The summed E-state index contributed by atoms with van der Waals surface area (Å²) in [5.41, 5.74) is 1.61. The maximum Gasteiger partial charge on any atom is 0.251 e. The molecule has 0 saturated heterocycles. The summed E-state index contributed by atoms with van der Waals surface area (Å²) in [5, 5.41) is 14.2. The zero-order chi connectivity index (χ0) is 15.0. The summed E-state index contributed by atoms with van der Waals surface area (Å²) in [6.45, 7) is 3.86. The van der Waals surface area contributed by atoms with E-state index in [1.54, 1.807) is 12.1 Å². The first-order valence-corrected chi connectivity index (χ1v) is 6.82. The SMILES string of the molecule is CCC(CCO)NC(=O)CNC(=O)c1ccc(C)cc1. The number of nitrogens with one attached hydrogen (secondary N) is 2. The number of benzene rings is 1. The van der Waals surface area contributed by atoms with Crippen molar-refractivity contribution in [1.82, 2.24) is 10.6 Å². The van der Waals surface area contributed by atoms with E-state index in [0.717, 1.165) is 12.0 Å². The van der Waals surface area contributed by atoms with Crippen LogP contribution in [0.2, 0.25) is 0 Å². The van der Waals surface area contributed by atoms with Crippen LogP contribution in [0, 0.1) is 6.92 Å². The van der Waals surface area contributed by atoms with Crippen LogP contribution in [0.3, 0.4) is 0 Å². The fourth-order valence-electron chi connectivity index (χ4n) is 1.78. The highest BCUT2D eigenvalue weighted by molar-refractivity contribution is 5.96.